The molecule has 4 amide bonds. The summed E-state index contributed by atoms with van der Waals surface area (Å²) in [6, 6.07) is 19.2. The lowest BCUT2D eigenvalue weighted by Gasteiger charge is -2.36. The second kappa shape index (κ2) is 11.0. The average Bonchev–Trinajstić information content (AvgIpc) is 3.48. The molecule has 4 aromatic rings. The highest BCUT2D eigenvalue weighted by Crippen LogP contribution is 2.45. The smallest absolute Gasteiger partial charge is 0.332 e. The Morgan fingerprint density at radius 1 is 1.05 bits per heavy atom. The number of rotatable bonds is 8. The Bertz CT molecular complexity index is 1720. The number of carboxylic acid groups (broad SMARTS) is 1. The van der Waals surface area contributed by atoms with Gasteiger partial charge < -0.3 is 15.4 Å². The summed E-state index contributed by atoms with van der Waals surface area (Å²) in [4.78, 5) is 59.8. The summed E-state index contributed by atoms with van der Waals surface area (Å²) in [6.45, 7) is 1.99. The molecular weight excluding hydrogens is 552 g/mol. The number of hydrogen-bond donors (Lipinski definition) is 3. The fraction of sp³-hybridized carbons (Fsp3) is 0.250. The Labute approximate surface area is 246 Å². The van der Waals surface area contributed by atoms with Gasteiger partial charge in [0.05, 0.1) is 11.3 Å². The van der Waals surface area contributed by atoms with Gasteiger partial charge in [-0.2, -0.15) is 11.8 Å². The number of H-pyrrole nitrogens is 1. The second-order valence-electron chi connectivity index (χ2n) is 10.6. The van der Waals surface area contributed by atoms with Crippen molar-refractivity contribution in [1.29, 1.82) is 0 Å². The molecule has 9 nitrogen and oxygen atoms in total. The topological polar surface area (TPSA) is 123 Å². The summed E-state index contributed by atoms with van der Waals surface area (Å²) in [7, 11) is 0. The fourth-order valence-electron chi connectivity index (χ4n) is 5.98. The number of carboxylic acids is 1. The highest BCUT2D eigenvalue weighted by atomic mass is 32.2. The highest BCUT2D eigenvalue weighted by molar-refractivity contribution is 7.98. The predicted molar refractivity (Wildman–Crippen MR) is 162 cm³/mol. The van der Waals surface area contributed by atoms with E-state index in [0.717, 1.165) is 38.2 Å². The first-order chi connectivity index (χ1) is 20.3. The van der Waals surface area contributed by atoms with Gasteiger partial charge in [-0.1, -0.05) is 60.2 Å². The largest absolute Gasteiger partial charge is 0.480 e. The Balaban J connectivity index is 1.41. The van der Waals surface area contributed by atoms with Crippen molar-refractivity contribution in [3.63, 3.8) is 0 Å². The van der Waals surface area contributed by atoms with Crippen molar-refractivity contribution in [1.82, 2.24) is 15.2 Å². The van der Waals surface area contributed by atoms with Crippen LogP contribution in [0, 0.1) is 6.92 Å². The maximum absolute atomic E-state index is 14.3. The standard InChI is InChI=1S/C32H30N4O5S/c1-18-11-13-19(14-12-18)28-27-22(20-7-3-5-9-23(20)33-27)17-26-30(38)36(32(41)35(26)28)25-10-6-4-8-21(25)29(37)34-24(31(39)40)15-16-42-2/h3-14,24,26,28,33H,15-17H2,1-2H3,(H,34,37)(H,39,40)/t24-,26+,28?/m1/s1. The molecule has 10 heteroatoms. The Kier molecular flexibility index (Phi) is 7.24. The van der Waals surface area contributed by atoms with Gasteiger partial charge in [0.2, 0.25) is 0 Å². The van der Waals surface area contributed by atoms with Crippen LogP contribution in [0.25, 0.3) is 10.9 Å². The van der Waals surface area contributed by atoms with Crippen molar-refractivity contribution in [3.8, 4) is 0 Å². The summed E-state index contributed by atoms with van der Waals surface area (Å²) < 4.78 is 0. The molecule has 3 N–H and O–H groups in total. The summed E-state index contributed by atoms with van der Waals surface area (Å²) in [6.07, 6.45) is 2.43. The molecule has 0 saturated carbocycles. The lowest BCUT2D eigenvalue weighted by atomic mass is 9.88. The summed E-state index contributed by atoms with van der Waals surface area (Å²) in [5, 5.41) is 13.2. The van der Waals surface area contributed by atoms with Crippen LogP contribution in [0.3, 0.4) is 0 Å². The number of nitrogens with zero attached hydrogens (tertiary/aromatic N) is 2. The third-order valence-corrected chi connectivity index (χ3v) is 8.69. The van der Waals surface area contributed by atoms with Crippen LogP contribution in [0.15, 0.2) is 72.8 Å². The normalized spacial score (nSPS) is 18.6. The van der Waals surface area contributed by atoms with Crippen molar-refractivity contribution in [2.45, 2.75) is 37.9 Å². The van der Waals surface area contributed by atoms with Crippen LogP contribution < -0.4 is 10.2 Å². The number of carbonyl (C=O) groups excluding carboxylic acids is 3. The lowest BCUT2D eigenvalue weighted by molar-refractivity contribution is -0.139. The number of thioether (sulfide) groups is 1. The number of amides is 4. The van der Waals surface area contributed by atoms with Crippen LogP contribution in [0.5, 0.6) is 0 Å². The van der Waals surface area contributed by atoms with E-state index in [2.05, 4.69) is 10.3 Å². The number of aliphatic carboxylic acids is 1. The minimum atomic E-state index is -1.14. The van der Waals surface area contributed by atoms with Gasteiger partial charge in [-0.25, -0.2) is 14.5 Å². The first-order valence-electron chi connectivity index (χ1n) is 13.7. The van der Waals surface area contributed by atoms with Crippen LogP contribution in [0.1, 0.15) is 45.2 Å². The van der Waals surface area contributed by atoms with Crippen LogP contribution in [0.2, 0.25) is 0 Å². The number of aryl methyl sites for hydroxylation is 1. The molecular formula is C32H30N4O5S. The molecule has 42 heavy (non-hydrogen) atoms. The number of nitrogens with one attached hydrogen (secondary N) is 2. The van der Waals surface area contributed by atoms with Crippen LogP contribution in [-0.4, -0.2) is 62.9 Å². The number of carbonyl (C=O) groups is 4. The van der Waals surface area contributed by atoms with Crippen LogP contribution in [-0.2, 0) is 16.0 Å². The van der Waals surface area contributed by atoms with Crippen molar-refractivity contribution >= 4 is 52.2 Å². The van der Waals surface area contributed by atoms with E-state index in [1.165, 1.54) is 17.8 Å². The molecule has 1 fully saturated rings. The first kappa shape index (κ1) is 27.6. The molecule has 1 saturated heterocycles. The number of fused-ring (bicyclic) bond motifs is 4. The maximum Gasteiger partial charge on any atom is 0.332 e. The number of urea groups is 1. The summed E-state index contributed by atoms with van der Waals surface area (Å²) in [5.74, 6) is -1.68. The molecule has 1 unspecified atom stereocenters. The van der Waals surface area contributed by atoms with E-state index in [1.807, 2.05) is 61.7 Å². The minimum absolute atomic E-state index is 0.0605. The zero-order chi connectivity index (χ0) is 29.5. The second-order valence-corrected chi connectivity index (χ2v) is 11.6. The van der Waals surface area contributed by atoms with E-state index >= 15 is 0 Å². The SMILES string of the molecule is CSCC[C@@H](NC(=O)c1ccccc1N1C(=O)[C@@H]2Cc3c([nH]c4ccccc34)C(c3ccc(C)cc3)N2C1=O)C(=O)O. The molecule has 0 spiro atoms. The van der Waals surface area contributed by atoms with Gasteiger partial charge in [0.25, 0.3) is 11.8 Å². The van der Waals surface area contributed by atoms with Gasteiger partial charge in [0, 0.05) is 23.0 Å². The van der Waals surface area contributed by atoms with Gasteiger partial charge in [0.1, 0.15) is 18.1 Å². The van der Waals surface area contributed by atoms with E-state index in [9.17, 15) is 24.3 Å². The predicted octanol–water partition coefficient (Wildman–Crippen LogP) is 4.90. The lowest BCUT2D eigenvalue weighted by Crippen LogP contribution is -2.44. The number of aromatic amines is 1. The molecule has 2 aliphatic heterocycles. The zero-order valence-corrected chi connectivity index (χ0v) is 24.0. The van der Waals surface area contributed by atoms with Gasteiger partial charge in [-0.3, -0.25) is 14.5 Å². The monoisotopic (exact) mass is 582 g/mol. The first-order valence-corrected chi connectivity index (χ1v) is 15.1. The molecule has 214 valence electrons. The van der Waals surface area contributed by atoms with Crippen molar-refractivity contribution in [3.05, 3.63) is 101 Å². The third kappa shape index (κ3) is 4.61. The molecule has 1 aromatic heterocycles. The van der Waals surface area contributed by atoms with E-state index in [4.69, 9.17) is 0 Å². The van der Waals surface area contributed by atoms with Crippen LogP contribution in [0.4, 0.5) is 10.5 Å². The van der Waals surface area contributed by atoms with E-state index < -0.39 is 41.9 Å². The highest BCUT2D eigenvalue weighted by Gasteiger charge is 2.53. The number of aromatic nitrogens is 1. The van der Waals surface area contributed by atoms with E-state index in [0.29, 0.717) is 12.2 Å². The Morgan fingerprint density at radius 3 is 2.50 bits per heavy atom. The maximum atomic E-state index is 14.3. The number of hydrogen-bond acceptors (Lipinski definition) is 5. The molecule has 0 radical (unpaired) electrons. The van der Waals surface area contributed by atoms with Crippen LogP contribution >= 0.6 is 11.8 Å². The van der Waals surface area contributed by atoms with Gasteiger partial charge in [0.15, 0.2) is 0 Å². The number of para-hydroxylation sites is 2. The Morgan fingerprint density at radius 2 is 1.76 bits per heavy atom. The number of imide groups is 1. The zero-order valence-electron chi connectivity index (χ0n) is 23.2. The Hall–Kier alpha value is -4.57. The molecule has 6 rings (SSSR count). The third-order valence-electron chi connectivity index (χ3n) is 8.05. The molecule has 3 aromatic carbocycles. The minimum Gasteiger partial charge on any atom is -0.480 e. The number of anilines is 1. The fourth-order valence-corrected chi connectivity index (χ4v) is 6.45. The van der Waals surface area contributed by atoms with E-state index in [-0.39, 0.29) is 17.7 Å². The summed E-state index contributed by atoms with van der Waals surface area (Å²) >= 11 is 1.48. The van der Waals surface area contributed by atoms with Gasteiger partial charge in [-0.05, 0) is 54.7 Å². The molecule has 3 heterocycles. The van der Waals surface area contributed by atoms with Crippen molar-refractivity contribution < 1.29 is 24.3 Å². The van der Waals surface area contributed by atoms with E-state index in [1.54, 1.807) is 23.1 Å². The molecule has 0 bridgehead atoms. The average molecular weight is 583 g/mol. The van der Waals surface area contributed by atoms with Gasteiger partial charge in [-0.15, -0.1) is 0 Å². The van der Waals surface area contributed by atoms with Gasteiger partial charge >= 0.3 is 12.0 Å². The van der Waals surface area contributed by atoms with Crippen molar-refractivity contribution in [2.24, 2.45) is 0 Å². The molecule has 0 aliphatic carbocycles. The number of benzene rings is 3. The molecule has 2 aliphatic rings. The quantitative estimate of drug-likeness (QED) is 0.254. The summed E-state index contributed by atoms with van der Waals surface area (Å²) in [5.41, 5.74) is 4.92. The van der Waals surface area contributed by atoms with Crippen molar-refractivity contribution in [2.75, 3.05) is 16.9 Å². The molecule has 3 atom stereocenters.